The van der Waals surface area contributed by atoms with Crippen LogP contribution in [0.3, 0.4) is 0 Å². The van der Waals surface area contributed by atoms with E-state index in [1.165, 1.54) is 0 Å². The lowest BCUT2D eigenvalue weighted by Crippen LogP contribution is -2.11. The number of hydrogen-bond donors (Lipinski definition) is 0. The second-order valence-corrected chi connectivity index (χ2v) is 4.11. The summed E-state index contributed by atoms with van der Waals surface area (Å²) < 4.78 is 7.08. The summed E-state index contributed by atoms with van der Waals surface area (Å²) in [7, 11) is 0. The summed E-state index contributed by atoms with van der Waals surface area (Å²) in [6.45, 7) is 0. The molecule has 4 heteroatoms. The third kappa shape index (κ3) is 2.06. The molecule has 0 saturated heterocycles. The third-order valence-electron chi connectivity index (χ3n) is 2.74. The Morgan fingerprint density at radius 1 is 1.29 bits per heavy atom. The standard InChI is InChI=1S/C13H12N2O2/c16-13(10-6-7-10)17-12-5-2-1-4-11(12)15-9-3-8-14-15/h1-5,8-10H,6-7H2. The zero-order valence-electron chi connectivity index (χ0n) is 9.24. The molecule has 86 valence electrons. The van der Waals surface area contributed by atoms with E-state index >= 15 is 0 Å². The first-order chi connectivity index (χ1) is 8.34. The van der Waals surface area contributed by atoms with Gasteiger partial charge in [-0.15, -0.1) is 0 Å². The Bertz CT molecular complexity index is 530. The summed E-state index contributed by atoms with van der Waals surface area (Å²) in [6.07, 6.45) is 5.41. The number of hydrogen-bond acceptors (Lipinski definition) is 3. The molecule has 2 aromatic rings. The summed E-state index contributed by atoms with van der Waals surface area (Å²) in [4.78, 5) is 11.6. The van der Waals surface area contributed by atoms with Crippen LogP contribution in [0.25, 0.3) is 5.69 Å². The number of para-hydroxylation sites is 2. The van der Waals surface area contributed by atoms with Gasteiger partial charge in [-0.25, -0.2) is 4.68 Å². The zero-order chi connectivity index (χ0) is 11.7. The minimum absolute atomic E-state index is 0.0978. The van der Waals surface area contributed by atoms with Gasteiger partial charge in [0.2, 0.25) is 0 Å². The topological polar surface area (TPSA) is 44.1 Å². The summed E-state index contributed by atoms with van der Waals surface area (Å²) in [5, 5.41) is 4.14. The number of carbonyl (C=O) groups excluding carboxylic acids is 1. The van der Waals surface area contributed by atoms with E-state index in [9.17, 15) is 4.79 Å². The van der Waals surface area contributed by atoms with Crippen molar-refractivity contribution in [3.05, 3.63) is 42.7 Å². The van der Waals surface area contributed by atoms with E-state index in [4.69, 9.17) is 4.74 Å². The molecule has 0 radical (unpaired) electrons. The van der Waals surface area contributed by atoms with Crippen molar-refractivity contribution < 1.29 is 9.53 Å². The number of aromatic nitrogens is 2. The average Bonchev–Trinajstić information content (AvgIpc) is 3.06. The minimum atomic E-state index is -0.135. The molecule has 3 rings (SSSR count). The fourth-order valence-corrected chi connectivity index (χ4v) is 1.65. The molecule has 17 heavy (non-hydrogen) atoms. The van der Waals surface area contributed by atoms with E-state index < -0.39 is 0 Å². The molecule has 0 N–H and O–H groups in total. The molecule has 1 heterocycles. The molecule has 1 saturated carbocycles. The molecule has 0 amide bonds. The highest BCUT2D eigenvalue weighted by molar-refractivity contribution is 5.78. The first kappa shape index (κ1) is 10.1. The molecular formula is C13H12N2O2. The van der Waals surface area contributed by atoms with Gasteiger partial charge in [-0.3, -0.25) is 4.79 Å². The van der Waals surface area contributed by atoms with Crippen LogP contribution in [-0.4, -0.2) is 15.7 Å². The molecular weight excluding hydrogens is 216 g/mol. The van der Waals surface area contributed by atoms with Gasteiger partial charge in [0, 0.05) is 12.4 Å². The number of rotatable bonds is 3. The molecule has 0 bridgehead atoms. The van der Waals surface area contributed by atoms with Gasteiger partial charge in [-0.05, 0) is 31.0 Å². The van der Waals surface area contributed by atoms with Crippen LogP contribution in [0.15, 0.2) is 42.7 Å². The zero-order valence-corrected chi connectivity index (χ0v) is 9.24. The molecule has 1 fully saturated rings. The summed E-state index contributed by atoms with van der Waals surface area (Å²) >= 11 is 0. The second kappa shape index (κ2) is 4.05. The van der Waals surface area contributed by atoms with Crippen molar-refractivity contribution in [2.75, 3.05) is 0 Å². The maximum atomic E-state index is 11.6. The maximum Gasteiger partial charge on any atom is 0.314 e. The lowest BCUT2D eigenvalue weighted by molar-refractivity contribution is -0.135. The Labute approximate surface area is 98.8 Å². The monoisotopic (exact) mass is 228 g/mol. The molecule has 1 aliphatic carbocycles. The number of benzene rings is 1. The predicted octanol–water partition coefficient (Wildman–Crippen LogP) is 2.19. The fraction of sp³-hybridized carbons (Fsp3) is 0.231. The smallest absolute Gasteiger partial charge is 0.314 e. The van der Waals surface area contributed by atoms with Crippen LogP contribution in [0, 0.1) is 5.92 Å². The van der Waals surface area contributed by atoms with E-state index in [2.05, 4.69) is 5.10 Å². The Hall–Kier alpha value is -2.10. The normalized spacial score (nSPS) is 14.6. The first-order valence-corrected chi connectivity index (χ1v) is 5.65. The molecule has 1 aromatic carbocycles. The van der Waals surface area contributed by atoms with E-state index in [1.807, 2.05) is 30.5 Å². The van der Waals surface area contributed by atoms with Gasteiger partial charge in [0.15, 0.2) is 5.75 Å². The van der Waals surface area contributed by atoms with Crippen LogP contribution >= 0.6 is 0 Å². The number of esters is 1. The van der Waals surface area contributed by atoms with Crippen LogP contribution in [0.4, 0.5) is 0 Å². The molecule has 4 nitrogen and oxygen atoms in total. The molecule has 0 spiro atoms. The van der Waals surface area contributed by atoms with Gasteiger partial charge >= 0.3 is 5.97 Å². The van der Waals surface area contributed by atoms with Crippen molar-refractivity contribution in [3.8, 4) is 11.4 Å². The van der Waals surface area contributed by atoms with E-state index in [0.29, 0.717) is 5.75 Å². The fourth-order valence-electron chi connectivity index (χ4n) is 1.65. The minimum Gasteiger partial charge on any atom is -0.424 e. The highest BCUT2D eigenvalue weighted by Crippen LogP contribution is 2.32. The molecule has 0 atom stereocenters. The van der Waals surface area contributed by atoms with Crippen LogP contribution < -0.4 is 4.74 Å². The predicted molar refractivity (Wildman–Crippen MR) is 61.9 cm³/mol. The second-order valence-electron chi connectivity index (χ2n) is 4.11. The lowest BCUT2D eigenvalue weighted by Gasteiger charge is -2.09. The van der Waals surface area contributed by atoms with Crippen molar-refractivity contribution in [1.29, 1.82) is 0 Å². The summed E-state index contributed by atoms with van der Waals surface area (Å²) in [5.74, 6) is 0.526. The Morgan fingerprint density at radius 2 is 2.12 bits per heavy atom. The van der Waals surface area contributed by atoms with Gasteiger partial charge in [-0.1, -0.05) is 12.1 Å². The largest absolute Gasteiger partial charge is 0.424 e. The molecule has 1 aromatic heterocycles. The summed E-state index contributed by atoms with van der Waals surface area (Å²) in [5.41, 5.74) is 0.784. The van der Waals surface area contributed by atoms with Crippen molar-refractivity contribution in [1.82, 2.24) is 9.78 Å². The molecule has 0 unspecified atom stereocenters. The van der Waals surface area contributed by atoms with Crippen LogP contribution in [0.1, 0.15) is 12.8 Å². The van der Waals surface area contributed by atoms with Crippen LogP contribution in [-0.2, 0) is 4.79 Å². The summed E-state index contributed by atoms with van der Waals surface area (Å²) in [6, 6.07) is 9.24. The highest BCUT2D eigenvalue weighted by Gasteiger charge is 2.32. The van der Waals surface area contributed by atoms with E-state index in [0.717, 1.165) is 18.5 Å². The van der Waals surface area contributed by atoms with Gasteiger partial charge in [0.25, 0.3) is 0 Å². The number of ether oxygens (including phenoxy) is 1. The SMILES string of the molecule is O=C(Oc1ccccc1-n1cccn1)C1CC1. The van der Waals surface area contributed by atoms with Crippen LogP contribution in [0.2, 0.25) is 0 Å². The van der Waals surface area contributed by atoms with Crippen molar-refractivity contribution in [2.24, 2.45) is 5.92 Å². The quantitative estimate of drug-likeness (QED) is 0.597. The van der Waals surface area contributed by atoms with Gasteiger partial charge in [0.05, 0.1) is 5.92 Å². The van der Waals surface area contributed by atoms with Gasteiger partial charge in [0.1, 0.15) is 5.69 Å². The van der Waals surface area contributed by atoms with E-state index in [-0.39, 0.29) is 11.9 Å². The Balaban J connectivity index is 1.90. The lowest BCUT2D eigenvalue weighted by atomic mass is 10.3. The Morgan fingerprint density at radius 3 is 2.82 bits per heavy atom. The van der Waals surface area contributed by atoms with Crippen LogP contribution in [0.5, 0.6) is 5.75 Å². The van der Waals surface area contributed by atoms with Crippen molar-refractivity contribution >= 4 is 5.97 Å². The van der Waals surface area contributed by atoms with E-state index in [1.54, 1.807) is 16.9 Å². The number of nitrogens with zero attached hydrogens (tertiary/aromatic N) is 2. The molecule has 0 aliphatic heterocycles. The first-order valence-electron chi connectivity index (χ1n) is 5.65. The maximum absolute atomic E-state index is 11.6. The average molecular weight is 228 g/mol. The van der Waals surface area contributed by atoms with Gasteiger partial charge in [-0.2, -0.15) is 5.10 Å². The number of carbonyl (C=O) groups is 1. The van der Waals surface area contributed by atoms with Crippen molar-refractivity contribution in [2.45, 2.75) is 12.8 Å². The van der Waals surface area contributed by atoms with Gasteiger partial charge < -0.3 is 4.74 Å². The van der Waals surface area contributed by atoms with Crippen molar-refractivity contribution in [3.63, 3.8) is 0 Å². The Kier molecular flexibility index (Phi) is 2.40. The molecule has 1 aliphatic rings. The third-order valence-corrected chi connectivity index (χ3v) is 2.74. The highest BCUT2D eigenvalue weighted by atomic mass is 16.5.